The van der Waals surface area contributed by atoms with Gasteiger partial charge in [0.15, 0.2) is 0 Å². The summed E-state index contributed by atoms with van der Waals surface area (Å²) >= 11 is 1.75. The van der Waals surface area contributed by atoms with Crippen LogP contribution in [0.1, 0.15) is 34.7 Å². The Morgan fingerprint density at radius 1 is 1.09 bits per heavy atom. The van der Waals surface area contributed by atoms with Gasteiger partial charge in [-0.2, -0.15) is 0 Å². The summed E-state index contributed by atoms with van der Waals surface area (Å²) in [6.07, 6.45) is 7.95. The largest absolute Gasteiger partial charge is 0.466 e. The number of allylic oxidation sites excluding steroid dienone is 6. The van der Waals surface area contributed by atoms with Crippen LogP contribution >= 0.6 is 11.3 Å². The van der Waals surface area contributed by atoms with Crippen molar-refractivity contribution in [2.24, 2.45) is 0 Å². The second kappa shape index (κ2) is 8.63. The first-order valence-electron chi connectivity index (χ1n) is 7.31. The summed E-state index contributed by atoms with van der Waals surface area (Å²) in [5, 5.41) is 0. The van der Waals surface area contributed by atoms with Gasteiger partial charge in [-0.05, 0) is 63.0 Å². The maximum absolute atomic E-state index is 14.1. The molecule has 0 unspecified atom stereocenters. The molecule has 0 aliphatic rings. The van der Waals surface area contributed by atoms with E-state index in [1.165, 1.54) is 34.6 Å². The van der Waals surface area contributed by atoms with Crippen LogP contribution in [-0.4, -0.2) is 13.1 Å². The van der Waals surface area contributed by atoms with Crippen LogP contribution in [-0.2, 0) is 9.53 Å². The van der Waals surface area contributed by atoms with Crippen LogP contribution in [0.4, 0.5) is 4.39 Å². The van der Waals surface area contributed by atoms with Crippen LogP contribution in [0.25, 0.3) is 6.08 Å². The zero-order valence-electron chi connectivity index (χ0n) is 14.5. The molecule has 4 heteroatoms. The van der Waals surface area contributed by atoms with Crippen molar-refractivity contribution in [2.45, 2.75) is 34.6 Å². The lowest BCUT2D eigenvalue weighted by atomic mass is 10.1. The molecule has 0 radical (unpaired) electrons. The van der Waals surface area contributed by atoms with Crippen molar-refractivity contribution in [3.63, 3.8) is 0 Å². The monoisotopic (exact) mass is 334 g/mol. The van der Waals surface area contributed by atoms with E-state index in [1.807, 2.05) is 6.08 Å². The van der Waals surface area contributed by atoms with Crippen LogP contribution in [0.5, 0.6) is 0 Å². The number of hydrogen-bond acceptors (Lipinski definition) is 3. The average Bonchev–Trinajstić information content (AvgIpc) is 2.75. The van der Waals surface area contributed by atoms with Crippen LogP contribution in [0.15, 0.2) is 41.3 Å². The minimum atomic E-state index is -0.452. The first-order chi connectivity index (χ1) is 10.8. The standard InChI is InChI=1S/C19H23FO2S/c1-12(11-19(21)22-6)7-10-18(20)13(2)8-9-17-14(3)15(4)23-16(17)5/h7-11H,1-6H3/b9-8+,10-7+,12-11+,18-13+. The minimum absolute atomic E-state index is 0.332. The summed E-state index contributed by atoms with van der Waals surface area (Å²) in [6, 6.07) is 0. The third-order valence-electron chi connectivity index (χ3n) is 3.53. The highest BCUT2D eigenvalue weighted by Gasteiger charge is 2.06. The number of ether oxygens (including phenoxy) is 1. The number of esters is 1. The number of thiophene rings is 1. The Balaban J connectivity index is 2.91. The number of methoxy groups -OCH3 is 1. The molecule has 0 saturated heterocycles. The minimum Gasteiger partial charge on any atom is -0.466 e. The highest BCUT2D eigenvalue weighted by molar-refractivity contribution is 7.12. The van der Waals surface area contributed by atoms with Gasteiger partial charge in [0.2, 0.25) is 0 Å². The van der Waals surface area contributed by atoms with E-state index in [0.29, 0.717) is 11.1 Å². The molecule has 1 aromatic heterocycles. The molecule has 1 aromatic rings. The lowest BCUT2D eigenvalue weighted by molar-refractivity contribution is -0.134. The normalized spacial score (nSPS) is 13.8. The maximum atomic E-state index is 14.1. The summed E-state index contributed by atoms with van der Waals surface area (Å²) < 4.78 is 18.6. The third kappa shape index (κ3) is 5.64. The molecule has 0 spiro atoms. The lowest BCUT2D eigenvalue weighted by Gasteiger charge is -1.97. The zero-order valence-corrected chi connectivity index (χ0v) is 15.3. The van der Waals surface area contributed by atoms with Gasteiger partial charge in [0, 0.05) is 15.8 Å². The molecule has 0 amide bonds. The first-order valence-corrected chi connectivity index (χ1v) is 8.13. The Kier molecular flexibility index (Phi) is 7.17. The van der Waals surface area contributed by atoms with Gasteiger partial charge in [-0.25, -0.2) is 9.18 Å². The predicted octanol–water partition coefficient (Wildman–Crippen LogP) is 5.61. The van der Waals surface area contributed by atoms with Gasteiger partial charge >= 0.3 is 5.97 Å². The predicted molar refractivity (Wildman–Crippen MR) is 96.3 cm³/mol. The number of aryl methyl sites for hydroxylation is 2. The molecule has 0 aromatic carbocycles. The molecular formula is C19H23FO2S. The first kappa shape index (κ1) is 19.1. The smallest absolute Gasteiger partial charge is 0.330 e. The van der Waals surface area contributed by atoms with E-state index in [2.05, 4.69) is 25.5 Å². The van der Waals surface area contributed by atoms with Crippen molar-refractivity contribution in [2.75, 3.05) is 7.11 Å². The molecule has 0 bridgehead atoms. The Morgan fingerprint density at radius 2 is 1.74 bits per heavy atom. The fourth-order valence-corrected chi connectivity index (χ4v) is 3.03. The topological polar surface area (TPSA) is 26.3 Å². The van der Waals surface area contributed by atoms with Crippen molar-refractivity contribution in [3.8, 4) is 0 Å². The second-order valence-electron chi connectivity index (χ2n) is 5.36. The van der Waals surface area contributed by atoms with Gasteiger partial charge in [-0.1, -0.05) is 18.2 Å². The summed E-state index contributed by atoms with van der Waals surface area (Å²) in [5.41, 5.74) is 3.56. The SMILES string of the molecule is COC(=O)/C=C(C)/C=C/C(F)=C(C)\C=C\c1c(C)sc(C)c1C. The van der Waals surface area contributed by atoms with Crippen LogP contribution in [0.2, 0.25) is 0 Å². The molecule has 124 valence electrons. The van der Waals surface area contributed by atoms with Crippen molar-refractivity contribution in [1.29, 1.82) is 0 Å². The van der Waals surface area contributed by atoms with Gasteiger partial charge in [0.05, 0.1) is 7.11 Å². The average molecular weight is 334 g/mol. The van der Waals surface area contributed by atoms with E-state index >= 15 is 0 Å². The highest BCUT2D eigenvalue weighted by atomic mass is 32.1. The van der Waals surface area contributed by atoms with Crippen molar-refractivity contribution in [3.05, 3.63) is 62.2 Å². The fraction of sp³-hybridized carbons (Fsp3) is 0.316. The fourth-order valence-electron chi connectivity index (χ4n) is 1.97. The maximum Gasteiger partial charge on any atom is 0.330 e. The summed E-state index contributed by atoms with van der Waals surface area (Å²) in [6.45, 7) is 9.67. The molecule has 0 fully saturated rings. The number of hydrogen-bond donors (Lipinski definition) is 0. The Hall–Kier alpha value is -1.94. The van der Waals surface area contributed by atoms with Gasteiger partial charge < -0.3 is 4.74 Å². The second-order valence-corrected chi connectivity index (χ2v) is 6.79. The molecule has 2 nitrogen and oxygen atoms in total. The molecule has 0 aliphatic carbocycles. The number of halogens is 1. The van der Waals surface area contributed by atoms with E-state index < -0.39 is 5.97 Å². The van der Waals surface area contributed by atoms with Crippen molar-refractivity contribution >= 4 is 23.4 Å². The quantitative estimate of drug-likeness (QED) is 0.398. The molecule has 0 atom stereocenters. The van der Waals surface area contributed by atoms with Gasteiger partial charge in [-0.15, -0.1) is 11.3 Å². The van der Waals surface area contributed by atoms with Crippen LogP contribution in [0.3, 0.4) is 0 Å². The molecule has 1 rings (SSSR count). The molecule has 0 saturated carbocycles. The van der Waals surface area contributed by atoms with E-state index in [4.69, 9.17) is 0 Å². The molecule has 0 aliphatic heterocycles. The summed E-state index contributed by atoms with van der Waals surface area (Å²) in [7, 11) is 1.31. The number of carbonyl (C=O) groups excluding carboxylic acids is 1. The van der Waals surface area contributed by atoms with E-state index in [1.54, 1.807) is 37.3 Å². The molecular weight excluding hydrogens is 311 g/mol. The number of carbonyl (C=O) groups is 1. The Morgan fingerprint density at radius 3 is 2.26 bits per heavy atom. The summed E-state index contributed by atoms with van der Waals surface area (Å²) in [4.78, 5) is 13.6. The molecule has 1 heterocycles. The van der Waals surface area contributed by atoms with Crippen molar-refractivity contribution < 1.29 is 13.9 Å². The van der Waals surface area contributed by atoms with Crippen LogP contribution < -0.4 is 0 Å². The van der Waals surface area contributed by atoms with Crippen LogP contribution in [0, 0.1) is 20.8 Å². The zero-order chi connectivity index (χ0) is 17.6. The Labute approximate surface area is 141 Å². The number of rotatable bonds is 5. The summed E-state index contributed by atoms with van der Waals surface area (Å²) in [5.74, 6) is -0.784. The van der Waals surface area contributed by atoms with Gasteiger partial charge in [0.1, 0.15) is 5.83 Å². The third-order valence-corrected chi connectivity index (χ3v) is 4.67. The van der Waals surface area contributed by atoms with Gasteiger partial charge in [-0.3, -0.25) is 0 Å². The van der Waals surface area contributed by atoms with E-state index in [-0.39, 0.29) is 5.83 Å². The lowest BCUT2D eigenvalue weighted by Crippen LogP contribution is -1.94. The highest BCUT2D eigenvalue weighted by Crippen LogP contribution is 2.28. The van der Waals surface area contributed by atoms with E-state index in [0.717, 1.165) is 5.56 Å². The molecule has 23 heavy (non-hydrogen) atoms. The Bertz CT molecular complexity index is 703. The van der Waals surface area contributed by atoms with Gasteiger partial charge in [0.25, 0.3) is 0 Å². The molecule has 0 N–H and O–H groups in total. The van der Waals surface area contributed by atoms with Crippen molar-refractivity contribution in [1.82, 2.24) is 0 Å². The van der Waals surface area contributed by atoms with E-state index in [9.17, 15) is 9.18 Å².